The summed E-state index contributed by atoms with van der Waals surface area (Å²) in [6.45, 7) is 0.584. The number of rotatable bonds is 3. The van der Waals surface area contributed by atoms with E-state index in [2.05, 4.69) is 9.97 Å². The highest BCUT2D eigenvalue weighted by Gasteiger charge is 2.33. The number of aromatic nitrogens is 2. The number of thioether (sulfide) groups is 1. The minimum absolute atomic E-state index is 0.00825. The second kappa shape index (κ2) is 5.40. The molecule has 3 rings (SSSR count). The maximum absolute atomic E-state index is 12.0. The Hall–Kier alpha value is -1.88. The third-order valence-electron chi connectivity index (χ3n) is 2.98. The average molecular weight is 271 g/mol. The van der Waals surface area contributed by atoms with E-state index in [0.717, 1.165) is 11.3 Å². The molecule has 1 fully saturated rings. The smallest absolute Gasteiger partial charge is 0.234 e. The summed E-state index contributed by atoms with van der Waals surface area (Å²) in [5.41, 5.74) is 1.97. The number of amides is 1. The predicted molar refractivity (Wildman–Crippen MR) is 74.2 cm³/mol. The monoisotopic (exact) mass is 271 g/mol. The van der Waals surface area contributed by atoms with Gasteiger partial charge in [-0.2, -0.15) is 0 Å². The van der Waals surface area contributed by atoms with Crippen molar-refractivity contribution in [3.8, 4) is 0 Å². The van der Waals surface area contributed by atoms with Gasteiger partial charge in [-0.25, -0.2) is 0 Å². The standard InChI is InChI=1S/C14H13N3OS/c18-13-10-19-14(12-5-1-2-7-16-12)17(13)9-11-4-3-6-15-8-11/h1-8,14H,9-10H2. The van der Waals surface area contributed by atoms with Crippen molar-refractivity contribution < 1.29 is 4.79 Å². The summed E-state index contributed by atoms with van der Waals surface area (Å²) in [5, 5.41) is 0.00825. The third-order valence-corrected chi connectivity index (χ3v) is 4.21. The van der Waals surface area contributed by atoms with Gasteiger partial charge in [-0.15, -0.1) is 11.8 Å². The van der Waals surface area contributed by atoms with E-state index in [9.17, 15) is 4.79 Å². The molecule has 1 aliphatic rings. The van der Waals surface area contributed by atoms with E-state index in [-0.39, 0.29) is 11.3 Å². The molecule has 1 aliphatic heterocycles. The SMILES string of the molecule is O=C1CSC(c2ccccn2)N1Cc1cccnc1. The first-order chi connectivity index (χ1) is 9.34. The topological polar surface area (TPSA) is 46.1 Å². The molecule has 2 aromatic rings. The van der Waals surface area contributed by atoms with Crippen molar-refractivity contribution in [2.45, 2.75) is 11.9 Å². The molecule has 0 radical (unpaired) electrons. The first kappa shape index (κ1) is 12.2. The number of carbonyl (C=O) groups excluding carboxylic acids is 1. The van der Waals surface area contributed by atoms with E-state index in [1.807, 2.05) is 35.2 Å². The fourth-order valence-corrected chi connectivity index (χ4v) is 3.23. The van der Waals surface area contributed by atoms with E-state index in [1.165, 1.54) is 0 Å². The van der Waals surface area contributed by atoms with Crippen molar-refractivity contribution in [1.29, 1.82) is 0 Å². The summed E-state index contributed by atoms with van der Waals surface area (Å²) in [6.07, 6.45) is 5.30. The summed E-state index contributed by atoms with van der Waals surface area (Å²) in [4.78, 5) is 22.3. The van der Waals surface area contributed by atoms with Crippen LogP contribution in [0.4, 0.5) is 0 Å². The van der Waals surface area contributed by atoms with Crippen LogP contribution in [0.2, 0.25) is 0 Å². The van der Waals surface area contributed by atoms with Crippen molar-refractivity contribution in [2.24, 2.45) is 0 Å². The first-order valence-corrected chi connectivity index (χ1v) is 7.10. The van der Waals surface area contributed by atoms with Gasteiger partial charge in [-0.1, -0.05) is 12.1 Å². The molecule has 19 heavy (non-hydrogen) atoms. The van der Waals surface area contributed by atoms with E-state index >= 15 is 0 Å². The molecule has 3 heterocycles. The maximum atomic E-state index is 12.0. The molecule has 1 saturated heterocycles. The Labute approximate surface area is 115 Å². The zero-order valence-corrected chi connectivity index (χ0v) is 11.1. The van der Waals surface area contributed by atoms with Crippen LogP contribution in [-0.4, -0.2) is 26.5 Å². The van der Waals surface area contributed by atoms with Gasteiger partial charge >= 0.3 is 0 Å². The van der Waals surface area contributed by atoms with Crippen molar-refractivity contribution in [3.63, 3.8) is 0 Å². The number of nitrogens with zero attached hydrogens (tertiary/aromatic N) is 3. The van der Waals surface area contributed by atoms with Crippen LogP contribution in [0.15, 0.2) is 48.9 Å². The Morgan fingerprint density at radius 1 is 1.26 bits per heavy atom. The zero-order chi connectivity index (χ0) is 13.1. The maximum Gasteiger partial charge on any atom is 0.234 e. The van der Waals surface area contributed by atoms with Crippen molar-refractivity contribution in [1.82, 2.24) is 14.9 Å². The summed E-state index contributed by atoms with van der Waals surface area (Å²) >= 11 is 1.62. The summed E-state index contributed by atoms with van der Waals surface area (Å²) in [5.74, 6) is 0.672. The molecule has 4 nitrogen and oxygen atoms in total. The van der Waals surface area contributed by atoms with Crippen LogP contribution in [-0.2, 0) is 11.3 Å². The second-order valence-corrected chi connectivity index (χ2v) is 5.37. The predicted octanol–water partition coefficient (Wildman–Crippen LogP) is 2.25. The molecule has 0 bridgehead atoms. The van der Waals surface area contributed by atoms with Crippen LogP contribution in [0.5, 0.6) is 0 Å². The minimum atomic E-state index is 0.00825. The molecular weight excluding hydrogens is 258 g/mol. The molecule has 0 saturated carbocycles. The fraction of sp³-hybridized carbons (Fsp3) is 0.214. The molecule has 5 heteroatoms. The molecule has 96 valence electrons. The highest BCUT2D eigenvalue weighted by atomic mass is 32.2. The van der Waals surface area contributed by atoms with Gasteiger partial charge in [0.15, 0.2) is 0 Å². The Balaban J connectivity index is 1.83. The van der Waals surface area contributed by atoms with Gasteiger partial charge in [0.25, 0.3) is 0 Å². The number of hydrogen-bond acceptors (Lipinski definition) is 4. The van der Waals surface area contributed by atoms with E-state index in [1.54, 1.807) is 30.4 Å². The lowest BCUT2D eigenvalue weighted by atomic mass is 10.2. The van der Waals surface area contributed by atoms with Gasteiger partial charge in [-0.3, -0.25) is 14.8 Å². The number of carbonyl (C=O) groups is 1. The van der Waals surface area contributed by atoms with Crippen molar-refractivity contribution in [2.75, 3.05) is 5.75 Å². The Kier molecular flexibility index (Phi) is 3.46. The first-order valence-electron chi connectivity index (χ1n) is 6.05. The largest absolute Gasteiger partial charge is 0.320 e. The Morgan fingerprint density at radius 3 is 2.95 bits per heavy atom. The zero-order valence-electron chi connectivity index (χ0n) is 10.3. The third kappa shape index (κ3) is 2.61. The highest BCUT2D eigenvalue weighted by molar-refractivity contribution is 8.00. The van der Waals surface area contributed by atoms with Crippen LogP contribution in [0, 0.1) is 0 Å². The number of pyridine rings is 2. The van der Waals surface area contributed by atoms with Gasteiger partial charge in [-0.05, 0) is 23.8 Å². The van der Waals surface area contributed by atoms with E-state index in [4.69, 9.17) is 0 Å². The van der Waals surface area contributed by atoms with Gasteiger partial charge < -0.3 is 4.90 Å². The molecule has 0 aromatic carbocycles. The van der Waals surface area contributed by atoms with Gasteiger partial charge in [0, 0.05) is 25.1 Å². The summed E-state index contributed by atoms with van der Waals surface area (Å²) in [6, 6.07) is 9.67. The van der Waals surface area contributed by atoms with E-state index in [0.29, 0.717) is 12.3 Å². The highest BCUT2D eigenvalue weighted by Crippen LogP contribution is 2.38. The molecule has 1 amide bonds. The Bertz CT molecular complexity index is 561. The lowest BCUT2D eigenvalue weighted by Crippen LogP contribution is -2.28. The van der Waals surface area contributed by atoms with Crippen molar-refractivity contribution >= 4 is 17.7 Å². The van der Waals surface area contributed by atoms with Gasteiger partial charge in [0.1, 0.15) is 5.37 Å². The van der Waals surface area contributed by atoms with Crippen molar-refractivity contribution in [3.05, 3.63) is 60.2 Å². The van der Waals surface area contributed by atoms with Gasteiger partial charge in [0.05, 0.1) is 11.4 Å². The fourth-order valence-electron chi connectivity index (χ4n) is 2.08. The van der Waals surface area contributed by atoms with E-state index < -0.39 is 0 Å². The average Bonchev–Trinajstić information content (AvgIpc) is 2.82. The minimum Gasteiger partial charge on any atom is -0.320 e. The molecular formula is C14H13N3OS. The summed E-state index contributed by atoms with van der Waals surface area (Å²) < 4.78 is 0. The van der Waals surface area contributed by atoms with Crippen LogP contribution < -0.4 is 0 Å². The molecule has 1 atom stereocenters. The number of hydrogen-bond donors (Lipinski definition) is 0. The van der Waals surface area contributed by atoms with Crippen LogP contribution in [0.25, 0.3) is 0 Å². The molecule has 2 aromatic heterocycles. The Morgan fingerprint density at radius 2 is 2.21 bits per heavy atom. The van der Waals surface area contributed by atoms with Crippen LogP contribution >= 0.6 is 11.8 Å². The van der Waals surface area contributed by atoms with Crippen LogP contribution in [0.1, 0.15) is 16.6 Å². The summed E-state index contributed by atoms with van der Waals surface area (Å²) in [7, 11) is 0. The quantitative estimate of drug-likeness (QED) is 0.859. The molecule has 0 N–H and O–H groups in total. The lowest BCUT2D eigenvalue weighted by molar-refractivity contribution is -0.128. The second-order valence-electron chi connectivity index (χ2n) is 4.30. The molecule has 0 spiro atoms. The van der Waals surface area contributed by atoms with Crippen LogP contribution in [0.3, 0.4) is 0 Å². The molecule has 0 aliphatic carbocycles. The molecule has 1 unspecified atom stereocenters. The lowest BCUT2D eigenvalue weighted by Gasteiger charge is -2.23. The van der Waals surface area contributed by atoms with Gasteiger partial charge in [0.2, 0.25) is 5.91 Å². The normalized spacial score (nSPS) is 18.8.